The first-order chi connectivity index (χ1) is 13.9. The molecule has 3 rings (SSSR count). The van der Waals surface area contributed by atoms with Gasteiger partial charge in [-0.3, -0.25) is 4.79 Å². The molecule has 0 unspecified atom stereocenters. The zero-order valence-electron chi connectivity index (χ0n) is 16.3. The summed E-state index contributed by atoms with van der Waals surface area (Å²) in [6.07, 6.45) is 0.668. The number of carbonyl (C=O) groups is 2. The van der Waals surface area contributed by atoms with E-state index in [4.69, 9.17) is 9.47 Å². The number of amides is 1. The Morgan fingerprint density at radius 2 is 1.52 bits per heavy atom. The largest absolute Gasteiger partial charge is 0.497 e. The zero-order chi connectivity index (χ0) is 21.0. The van der Waals surface area contributed by atoms with E-state index >= 15 is 0 Å². The van der Waals surface area contributed by atoms with Gasteiger partial charge in [0.05, 0.1) is 35.5 Å². The van der Waals surface area contributed by atoms with Crippen molar-refractivity contribution >= 4 is 21.7 Å². The molecule has 29 heavy (non-hydrogen) atoms. The predicted octanol–water partition coefficient (Wildman–Crippen LogP) is 2.56. The third-order valence-electron chi connectivity index (χ3n) is 5.12. The van der Waals surface area contributed by atoms with Gasteiger partial charge in [-0.2, -0.15) is 0 Å². The summed E-state index contributed by atoms with van der Waals surface area (Å²) in [5.41, 5.74) is 0.462. The van der Waals surface area contributed by atoms with E-state index in [0.29, 0.717) is 31.7 Å². The number of sulfone groups is 1. The first kappa shape index (κ1) is 20.9. The molecular weight excluding hydrogens is 394 g/mol. The van der Waals surface area contributed by atoms with Gasteiger partial charge in [0.2, 0.25) is 0 Å². The Hall–Kier alpha value is -2.87. The van der Waals surface area contributed by atoms with Crippen molar-refractivity contribution in [3.63, 3.8) is 0 Å². The molecule has 7 nitrogen and oxygen atoms in total. The standard InChI is InChI=1S/C21H23NO6S/c1-27-15-7-9-16(10-8-15)29(25,26)17-11-13-22(14-12-17)20(23)18-5-3-4-6-19(18)21(24)28-2/h3-10,17H,11-14H2,1-2H3. The van der Waals surface area contributed by atoms with Crippen LogP contribution in [0, 0.1) is 0 Å². The van der Waals surface area contributed by atoms with Gasteiger partial charge < -0.3 is 14.4 Å². The maximum absolute atomic E-state index is 12.9. The summed E-state index contributed by atoms with van der Waals surface area (Å²) in [6.45, 7) is 0.600. The van der Waals surface area contributed by atoms with Crippen LogP contribution in [0.5, 0.6) is 5.75 Å². The minimum absolute atomic E-state index is 0.202. The Morgan fingerprint density at radius 3 is 2.07 bits per heavy atom. The molecule has 0 radical (unpaired) electrons. The number of nitrogens with zero attached hydrogens (tertiary/aromatic N) is 1. The van der Waals surface area contributed by atoms with E-state index in [1.54, 1.807) is 41.3 Å². The van der Waals surface area contributed by atoms with E-state index < -0.39 is 21.1 Å². The van der Waals surface area contributed by atoms with Gasteiger partial charge in [-0.1, -0.05) is 12.1 Å². The lowest BCUT2D eigenvalue weighted by atomic mass is 10.0. The van der Waals surface area contributed by atoms with Crippen LogP contribution in [0.1, 0.15) is 33.6 Å². The monoisotopic (exact) mass is 417 g/mol. The first-order valence-corrected chi connectivity index (χ1v) is 10.8. The van der Waals surface area contributed by atoms with Gasteiger partial charge in [0.15, 0.2) is 9.84 Å². The highest BCUT2D eigenvalue weighted by molar-refractivity contribution is 7.92. The molecule has 1 aliphatic rings. The van der Waals surface area contributed by atoms with E-state index in [9.17, 15) is 18.0 Å². The molecule has 0 N–H and O–H groups in total. The Morgan fingerprint density at radius 1 is 0.931 bits per heavy atom. The number of esters is 1. The van der Waals surface area contributed by atoms with Gasteiger partial charge in [0.25, 0.3) is 5.91 Å². The van der Waals surface area contributed by atoms with Crippen LogP contribution in [0.15, 0.2) is 53.4 Å². The van der Waals surface area contributed by atoms with Crippen LogP contribution in [0.25, 0.3) is 0 Å². The van der Waals surface area contributed by atoms with Crippen molar-refractivity contribution in [2.45, 2.75) is 23.0 Å². The minimum atomic E-state index is -3.49. The molecule has 0 bridgehead atoms. The smallest absolute Gasteiger partial charge is 0.338 e. The molecule has 1 saturated heterocycles. The van der Waals surface area contributed by atoms with Gasteiger partial charge in [-0.15, -0.1) is 0 Å². The lowest BCUT2D eigenvalue weighted by Crippen LogP contribution is -2.42. The average Bonchev–Trinajstić information content (AvgIpc) is 2.78. The van der Waals surface area contributed by atoms with E-state index in [-0.39, 0.29) is 21.9 Å². The van der Waals surface area contributed by atoms with Crippen LogP contribution in [-0.2, 0) is 14.6 Å². The van der Waals surface area contributed by atoms with E-state index in [0.717, 1.165) is 0 Å². The molecule has 2 aromatic rings. The molecule has 2 aromatic carbocycles. The normalized spacial score (nSPS) is 15.0. The van der Waals surface area contributed by atoms with Crippen molar-refractivity contribution in [1.29, 1.82) is 0 Å². The number of methoxy groups -OCH3 is 2. The van der Waals surface area contributed by atoms with Crippen LogP contribution in [0.4, 0.5) is 0 Å². The molecule has 0 aromatic heterocycles. The van der Waals surface area contributed by atoms with Crippen LogP contribution in [-0.4, -0.2) is 57.8 Å². The van der Waals surface area contributed by atoms with Crippen LogP contribution >= 0.6 is 0 Å². The van der Waals surface area contributed by atoms with Gasteiger partial charge in [0.1, 0.15) is 5.75 Å². The number of hydrogen-bond acceptors (Lipinski definition) is 6. The molecule has 1 heterocycles. The van der Waals surface area contributed by atoms with Gasteiger partial charge in [-0.25, -0.2) is 13.2 Å². The maximum atomic E-state index is 12.9. The number of benzene rings is 2. The van der Waals surface area contributed by atoms with Gasteiger partial charge in [0, 0.05) is 13.1 Å². The second-order valence-electron chi connectivity index (χ2n) is 6.75. The van der Waals surface area contributed by atoms with Crippen molar-refractivity contribution in [2.24, 2.45) is 0 Å². The summed E-state index contributed by atoms with van der Waals surface area (Å²) >= 11 is 0. The molecule has 1 aliphatic heterocycles. The van der Waals surface area contributed by atoms with Crippen LogP contribution < -0.4 is 4.74 Å². The molecule has 8 heteroatoms. The minimum Gasteiger partial charge on any atom is -0.497 e. The predicted molar refractivity (Wildman–Crippen MR) is 107 cm³/mol. The highest BCUT2D eigenvalue weighted by Gasteiger charge is 2.33. The van der Waals surface area contributed by atoms with Gasteiger partial charge >= 0.3 is 5.97 Å². The SMILES string of the molecule is COC(=O)c1ccccc1C(=O)N1CCC(S(=O)(=O)c2ccc(OC)cc2)CC1. The Bertz CT molecular complexity index is 992. The van der Waals surface area contributed by atoms with Crippen molar-refractivity contribution in [3.05, 3.63) is 59.7 Å². The number of carbonyl (C=O) groups excluding carboxylic acids is 2. The fraction of sp³-hybridized carbons (Fsp3) is 0.333. The first-order valence-electron chi connectivity index (χ1n) is 9.23. The number of rotatable bonds is 5. The fourth-order valence-electron chi connectivity index (χ4n) is 3.45. The second-order valence-corrected chi connectivity index (χ2v) is 8.98. The number of hydrogen-bond donors (Lipinski definition) is 0. The van der Waals surface area contributed by atoms with Gasteiger partial charge in [-0.05, 0) is 49.2 Å². The summed E-state index contributed by atoms with van der Waals surface area (Å²) < 4.78 is 35.6. The molecule has 0 saturated carbocycles. The summed E-state index contributed by atoms with van der Waals surface area (Å²) in [6, 6.07) is 12.8. The maximum Gasteiger partial charge on any atom is 0.338 e. The zero-order valence-corrected chi connectivity index (χ0v) is 17.1. The molecular formula is C21H23NO6S. The van der Waals surface area contributed by atoms with E-state index in [2.05, 4.69) is 0 Å². The number of likely N-dealkylation sites (tertiary alicyclic amines) is 1. The third-order valence-corrected chi connectivity index (χ3v) is 7.40. The Labute approximate surface area is 170 Å². The fourth-order valence-corrected chi connectivity index (χ4v) is 5.19. The molecule has 1 fully saturated rings. The summed E-state index contributed by atoms with van der Waals surface area (Å²) in [5, 5.41) is -0.559. The molecule has 0 atom stereocenters. The highest BCUT2D eigenvalue weighted by atomic mass is 32.2. The number of ether oxygens (including phenoxy) is 2. The Kier molecular flexibility index (Phi) is 6.22. The van der Waals surface area contributed by atoms with Crippen molar-refractivity contribution in [2.75, 3.05) is 27.3 Å². The quantitative estimate of drug-likeness (QED) is 0.695. The lowest BCUT2D eigenvalue weighted by molar-refractivity contribution is 0.0588. The second kappa shape index (κ2) is 8.65. The number of piperidine rings is 1. The Balaban J connectivity index is 1.72. The van der Waals surface area contributed by atoms with Crippen LogP contribution in [0.2, 0.25) is 0 Å². The lowest BCUT2D eigenvalue weighted by Gasteiger charge is -2.32. The highest BCUT2D eigenvalue weighted by Crippen LogP contribution is 2.27. The summed E-state index contributed by atoms with van der Waals surface area (Å²) in [4.78, 5) is 26.7. The topological polar surface area (TPSA) is 90.0 Å². The summed E-state index contributed by atoms with van der Waals surface area (Å²) in [7, 11) is -0.709. The third kappa shape index (κ3) is 4.27. The summed E-state index contributed by atoms with van der Waals surface area (Å²) in [5.74, 6) is -0.286. The van der Waals surface area contributed by atoms with Crippen molar-refractivity contribution in [1.82, 2.24) is 4.90 Å². The van der Waals surface area contributed by atoms with Crippen molar-refractivity contribution < 1.29 is 27.5 Å². The molecule has 0 aliphatic carbocycles. The molecule has 1 amide bonds. The molecule has 0 spiro atoms. The molecule has 154 valence electrons. The average molecular weight is 417 g/mol. The van der Waals surface area contributed by atoms with E-state index in [1.165, 1.54) is 26.4 Å². The van der Waals surface area contributed by atoms with E-state index in [1.807, 2.05) is 0 Å². The van der Waals surface area contributed by atoms with Crippen LogP contribution in [0.3, 0.4) is 0 Å². The van der Waals surface area contributed by atoms with Crippen molar-refractivity contribution in [3.8, 4) is 5.75 Å².